The first-order chi connectivity index (χ1) is 14.1. The maximum Gasteiger partial charge on any atom is 0.344 e. The van der Waals surface area contributed by atoms with Gasteiger partial charge in [-0.25, -0.2) is 10.2 Å². The Morgan fingerprint density at radius 1 is 1.07 bits per heavy atom. The molecular formula is C21H16BrN3O4. The zero-order valence-electron chi connectivity index (χ0n) is 15.3. The van der Waals surface area contributed by atoms with E-state index in [9.17, 15) is 9.59 Å². The molecule has 3 aromatic rings. The Morgan fingerprint density at radius 2 is 1.86 bits per heavy atom. The number of pyridine rings is 1. The van der Waals surface area contributed by atoms with Crippen molar-refractivity contribution in [1.29, 1.82) is 0 Å². The predicted octanol–water partition coefficient (Wildman–Crippen LogP) is 3.84. The summed E-state index contributed by atoms with van der Waals surface area (Å²) in [6.07, 6.45) is 2.97. The Bertz CT molecular complexity index is 1050. The molecule has 0 saturated heterocycles. The van der Waals surface area contributed by atoms with Crippen molar-refractivity contribution in [3.05, 3.63) is 88.2 Å². The minimum Gasteiger partial charge on any atom is -0.493 e. The van der Waals surface area contributed by atoms with Gasteiger partial charge in [0, 0.05) is 10.7 Å². The molecular weight excluding hydrogens is 438 g/mol. The highest BCUT2D eigenvalue weighted by molar-refractivity contribution is 9.10. The molecule has 0 aliphatic carbocycles. The molecule has 0 unspecified atom stereocenters. The maximum absolute atomic E-state index is 12.4. The summed E-state index contributed by atoms with van der Waals surface area (Å²) in [6.45, 7) is 0. The molecule has 29 heavy (non-hydrogen) atoms. The number of nitrogens with one attached hydrogen (secondary N) is 1. The highest BCUT2D eigenvalue weighted by Gasteiger charge is 2.15. The van der Waals surface area contributed by atoms with Gasteiger partial charge in [0.25, 0.3) is 5.91 Å². The van der Waals surface area contributed by atoms with Crippen molar-refractivity contribution in [2.45, 2.75) is 0 Å². The van der Waals surface area contributed by atoms with Crippen molar-refractivity contribution in [1.82, 2.24) is 10.4 Å². The van der Waals surface area contributed by atoms with Crippen molar-refractivity contribution in [2.75, 3.05) is 7.11 Å². The van der Waals surface area contributed by atoms with Crippen LogP contribution in [0.2, 0.25) is 0 Å². The van der Waals surface area contributed by atoms with E-state index in [0.29, 0.717) is 21.3 Å². The van der Waals surface area contributed by atoms with Crippen LogP contribution in [0.15, 0.2) is 76.4 Å². The van der Waals surface area contributed by atoms with Crippen molar-refractivity contribution in [3.8, 4) is 11.5 Å². The number of halogens is 1. The second-order valence-electron chi connectivity index (χ2n) is 5.69. The number of hydrogen-bond donors (Lipinski definition) is 1. The van der Waals surface area contributed by atoms with Gasteiger partial charge in [0.15, 0.2) is 11.5 Å². The number of amides is 1. The van der Waals surface area contributed by atoms with Crippen LogP contribution >= 0.6 is 15.9 Å². The van der Waals surface area contributed by atoms with Crippen molar-refractivity contribution in [2.24, 2.45) is 5.10 Å². The predicted molar refractivity (Wildman–Crippen MR) is 111 cm³/mol. The number of hydrogen-bond acceptors (Lipinski definition) is 6. The lowest BCUT2D eigenvalue weighted by Crippen LogP contribution is -2.18. The number of esters is 1. The van der Waals surface area contributed by atoms with Crippen LogP contribution in [0, 0.1) is 0 Å². The molecule has 0 aliphatic heterocycles. The van der Waals surface area contributed by atoms with E-state index in [2.05, 4.69) is 31.4 Å². The second kappa shape index (κ2) is 9.61. The Kier molecular flexibility index (Phi) is 6.70. The summed E-state index contributed by atoms with van der Waals surface area (Å²) in [6, 6.07) is 16.9. The largest absolute Gasteiger partial charge is 0.493 e. The molecule has 1 amide bonds. The first-order valence-corrected chi connectivity index (χ1v) is 9.27. The fraction of sp³-hybridized carbons (Fsp3) is 0.0476. The van der Waals surface area contributed by atoms with Crippen LogP contribution < -0.4 is 14.9 Å². The summed E-state index contributed by atoms with van der Waals surface area (Å²) < 4.78 is 11.4. The molecule has 0 saturated carbocycles. The number of carbonyl (C=O) groups is 2. The van der Waals surface area contributed by atoms with E-state index < -0.39 is 11.9 Å². The summed E-state index contributed by atoms with van der Waals surface area (Å²) in [5.74, 6) is -0.319. The normalized spacial score (nSPS) is 10.6. The van der Waals surface area contributed by atoms with E-state index in [-0.39, 0.29) is 11.4 Å². The second-order valence-corrected chi connectivity index (χ2v) is 6.55. The smallest absolute Gasteiger partial charge is 0.344 e. The summed E-state index contributed by atoms with van der Waals surface area (Å²) in [5, 5.41) is 3.91. The van der Waals surface area contributed by atoms with Gasteiger partial charge in [0.2, 0.25) is 0 Å². The van der Waals surface area contributed by atoms with Gasteiger partial charge < -0.3 is 9.47 Å². The molecule has 7 nitrogen and oxygen atoms in total. The average molecular weight is 454 g/mol. The molecule has 0 radical (unpaired) electrons. The third-order valence-electron chi connectivity index (χ3n) is 3.76. The third kappa shape index (κ3) is 5.26. The van der Waals surface area contributed by atoms with Gasteiger partial charge in [0.05, 0.1) is 18.9 Å². The highest BCUT2D eigenvalue weighted by Crippen LogP contribution is 2.29. The fourth-order valence-electron chi connectivity index (χ4n) is 2.35. The van der Waals surface area contributed by atoms with Gasteiger partial charge in [-0.1, -0.05) is 18.2 Å². The minimum absolute atomic E-state index is 0.261. The van der Waals surface area contributed by atoms with Gasteiger partial charge in [0.1, 0.15) is 5.69 Å². The van der Waals surface area contributed by atoms with Crippen molar-refractivity contribution < 1.29 is 19.1 Å². The Hall–Kier alpha value is -3.52. The molecule has 2 aromatic carbocycles. The van der Waals surface area contributed by atoms with Gasteiger partial charge in [-0.05, 0) is 64.0 Å². The standard InChI is InChI=1S/C21H16BrN3O4/c1-28-19-12-14(13-24-25-20(26)17-8-4-5-11-23-17)9-10-18(19)29-21(27)15-6-2-3-7-16(15)22/h2-13H,1H3,(H,25,26). The van der Waals surface area contributed by atoms with Gasteiger partial charge >= 0.3 is 5.97 Å². The molecule has 146 valence electrons. The molecule has 1 heterocycles. The molecule has 0 fully saturated rings. The van der Waals surface area contributed by atoms with Crippen LogP contribution in [-0.4, -0.2) is 30.2 Å². The van der Waals surface area contributed by atoms with Gasteiger partial charge in [-0.15, -0.1) is 0 Å². The first-order valence-electron chi connectivity index (χ1n) is 8.47. The van der Waals surface area contributed by atoms with Crippen molar-refractivity contribution >= 4 is 34.0 Å². The van der Waals surface area contributed by atoms with Crippen LogP contribution in [0.4, 0.5) is 0 Å². The minimum atomic E-state index is -0.514. The summed E-state index contributed by atoms with van der Waals surface area (Å²) in [7, 11) is 1.47. The lowest BCUT2D eigenvalue weighted by molar-refractivity contribution is 0.0728. The number of aromatic nitrogens is 1. The summed E-state index contributed by atoms with van der Waals surface area (Å²) >= 11 is 3.33. The molecule has 0 spiro atoms. The van der Waals surface area contributed by atoms with E-state index >= 15 is 0 Å². The lowest BCUT2D eigenvalue weighted by atomic mass is 10.2. The molecule has 0 atom stereocenters. The number of rotatable bonds is 6. The van der Waals surface area contributed by atoms with Crippen LogP contribution in [-0.2, 0) is 0 Å². The monoisotopic (exact) mass is 453 g/mol. The zero-order chi connectivity index (χ0) is 20.6. The highest BCUT2D eigenvalue weighted by atomic mass is 79.9. The fourth-order valence-corrected chi connectivity index (χ4v) is 2.80. The number of methoxy groups -OCH3 is 1. The number of nitrogens with zero attached hydrogens (tertiary/aromatic N) is 2. The van der Waals surface area contributed by atoms with E-state index in [4.69, 9.17) is 9.47 Å². The molecule has 3 rings (SSSR count). The number of hydrazone groups is 1. The Balaban J connectivity index is 1.69. The van der Waals surface area contributed by atoms with Crippen LogP contribution in [0.1, 0.15) is 26.4 Å². The summed E-state index contributed by atoms with van der Waals surface area (Å²) in [5.41, 5.74) is 3.70. The zero-order valence-corrected chi connectivity index (χ0v) is 16.9. The quantitative estimate of drug-likeness (QED) is 0.265. The van der Waals surface area contributed by atoms with E-state index in [1.165, 1.54) is 19.5 Å². The lowest BCUT2D eigenvalue weighted by Gasteiger charge is -2.10. The van der Waals surface area contributed by atoms with E-state index in [0.717, 1.165) is 0 Å². The van der Waals surface area contributed by atoms with Crippen molar-refractivity contribution in [3.63, 3.8) is 0 Å². The van der Waals surface area contributed by atoms with E-state index in [1.54, 1.807) is 54.6 Å². The van der Waals surface area contributed by atoms with E-state index in [1.807, 2.05) is 6.07 Å². The number of benzene rings is 2. The Morgan fingerprint density at radius 3 is 2.59 bits per heavy atom. The molecule has 1 aromatic heterocycles. The third-order valence-corrected chi connectivity index (χ3v) is 4.45. The molecule has 8 heteroatoms. The molecule has 0 bridgehead atoms. The number of ether oxygens (including phenoxy) is 2. The maximum atomic E-state index is 12.4. The van der Waals surface area contributed by atoms with Crippen LogP contribution in [0.5, 0.6) is 11.5 Å². The molecule has 0 aliphatic rings. The van der Waals surface area contributed by atoms with Crippen LogP contribution in [0.3, 0.4) is 0 Å². The van der Waals surface area contributed by atoms with Gasteiger partial charge in [-0.2, -0.15) is 5.10 Å². The number of carbonyl (C=O) groups excluding carboxylic acids is 2. The summed E-state index contributed by atoms with van der Waals surface area (Å²) in [4.78, 5) is 28.2. The SMILES string of the molecule is COc1cc(C=NNC(=O)c2ccccn2)ccc1OC(=O)c1ccccc1Br. The van der Waals surface area contributed by atoms with Gasteiger partial charge in [-0.3, -0.25) is 9.78 Å². The Labute approximate surface area is 175 Å². The molecule has 1 N–H and O–H groups in total. The average Bonchev–Trinajstić information content (AvgIpc) is 2.75. The van der Waals surface area contributed by atoms with Crippen LogP contribution in [0.25, 0.3) is 0 Å². The first kappa shape index (κ1) is 20.2. The topological polar surface area (TPSA) is 89.9 Å².